The normalized spacial score (nSPS) is 10.0. The number of amides is 2. The van der Waals surface area contributed by atoms with Gasteiger partial charge in [0.25, 0.3) is 5.91 Å². The SMILES string of the molecule is COCCN(CCNC(=O)c1ccc(OC)cc1)C(C)=O. The van der Waals surface area contributed by atoms with Crippen molar-refractivity contribution in [3.05, 3.63) is 29.8 Å². The number of nitrogens with zero attached hydrogens (tertiary/aromatic N) is 1. The minimum absolute atomic E-state index is 0.0363. The van der Waals surface area contributed by atoms with Gasteiger partial charge in [0.05, 0.1) is 13.7 Å². The molecule has 1 N–H and O–H groups in total. The van der Waals surface area contributed by atoms with Crippen LogP contribution in [-0.2, 0) is 9.53 Å². The molecule has 6 nitrogen and oxygen atoms in total. The zero-order valence-corrected chi connectivity index (χ0v) is 12.7. The van der Waals surface area contributed by atoms with Crippen LogP contribution in [0.15, 0.2) is 24.3 Å². The molecule has 0 saturated heterocycles. The lowest BCUT2D eigenvalue weighted by Gasteiger charge is -2.20. The maximum Gasteiger partial charge on any atom is 0.251 e. The van der Waals surface area contributed by atoms with E-state index in [-0.39, 0.29) is 11.8 Å². The van der Waals surface area contributed by atoms with Crippen LogP contribution in [0, 0.1) is 0 Å². The van der Waals surface area contributed by atoms with E-state index in [2.05, 4.69) is 5.32 Å². The molecule has 0 heterocycles. The second kappa shape index (κ2) is 8.97. The molecule has 116 valence electrons. The second-order valence-corrected chi connectivity index (χ2v) is 4.48. The molecule has 0 aliphatic carbocycles. The van der Waals surface area contributed by atoms with Crippen LogP contribution in [0.2, 0.25) is 0 Å². The zero-order valence-electron chi connectivity index (χ0n) is 12.7. The Morgan fingerprint density at radius 3 is 2.33 bits per heavy atom. The predicted octanol–water partition coefficient (Wildman–Crippen LogP) is 0.920. The second-order valence-electron chi connectivity index (χ2n) is 4.48. The molecule has 0 aliphatic rings. The Morgan fingerprint density at radius 1 is 1.14 bits per heavy atom. The number of hydrogen-bond acceptors (Lipinski definition) is 4. The van der Waals surface area contributed by atoms with Crippen LogP contribution in [-0.4, -0.2) is 57.2 Å². The third-order valence-corrected chi connectivity index (χ3v) is 3.03. The van der Waals surface area contributed by atoms with Gasteiger partial charge >= 0.3 is 0 Å². The minimum atomic E-state index is -0.173. The summed E-state index contributed by atoms with van der Waals surface area (Å²) in [6.45, 7) is 3.35. The van der Waals surface area contributed by atoms with Gasteiger partial charge in [-0.2, -0.15) is 0 Å². The molecule has 0 aliphatic heterocycles. The number of nitrogens with one attached hydrogen (secondary N) is 1. The average molecular weight is 294 g/mol. The van der Waals surface area contributed by atoms with Gasteiger partial charge in [-0.25, -0.2) is 0 Å². The first-order chi connectivity index (χ1) is 10.1. The van der Waals surface area contributed by atoms with Crippen LogP contribution in [0.25, 0.3) is 0 Å². The third-order valence-electron chi connectivity index (χ3n) is 3.03. The minimum Gasteiger partial charge on any atom is -0.497 e. The van der Waals surface area contributed by atoms with Crippen molar-refractivity contribution in [3.63, 3.8) is 0 Å². The average Bonchev–Trinajstić information content (AvgIpc) is 2.50. The van der Waals surface area contributed by atoms with Crippen LogP contribution in [0.3, 0.4) is 0 Å². The summed E-state index contributed by atoms with van der Waals surface area (Å²) in [6, 6.07) is 6.86. The van der Waals surface area contributed by atoms with Crippen LogP contribution in [0.5, 0.6) is 5.75 Å². The lowest BCUT2D eigenvalue weighted by atomic mass is 10.2. The molecule has 0 fully saturated rings. The summed E-state index contributed by atoms with van der Waals surface area (Å²) in [4.78, 5) is 25.0. The van der Waals surface area contributed by atoms with Crippen LogP contribution in [0.4, 0.5) is 0 Å². The first-order valence-corrected chi connectivity index (χ1v) is 6.75. The van der Waals surface area contributed by atoms with E-state index >= 15 is 0 Å². The van der Waals surface area contributed by atoms with Crippen molar-refractivity contribution in [3.8, 4) is 5.75 Å². The number of benzene rings is 1. The van der Waals surface area contributed by atoms with Crippen LogP contribution >= 0.6 is 0 Å². The molecule has 0 unspecified atom stereocenters. The molecule has 2 amide bonds. The Labute approximate surface area is 125 Å². The topological polar surface area (TPSA) is 67.9 Å². The highest BCUT2D eigenvalue weighted by molar-refractivity contribution is 5.94. The summed E-state index contributed by atoms with van der Waals surface area (Å²) in [5, 5.41) is 2.78. The van der Waals surface area contributed by atoms with Crippen molar-refractivity contribution in [1.82, 2.24) is 10.2 Å². The maximum absolute atomic E-state index is 11.9. The molecule has 1 rings (SSSR count). The Balaban J connectivity index is 2.42. The number of hydrogen-bond donors (Lipinski definition) is 1. The number of methoxy groups -OCH3 is 2. The summed E-state index contributed by atoms with van der Waals surface area (Å²) in [5.74, 6) is 0.493. The molecule has 6 heteroatoms. The maximum atomic E-state index is 11.9. The van der Waals surface area contributed by atoms with Crippen molar-refractivity contribution in [1.29, 1.82) is 0 Å². The van der Waals surface area contributed by atoms with Crippen molar-refractivity contribution in [2.45, 2.75) is 6.92 Å². The van der Waals surface area contributed by atoms with E-state index in [4.69, 9.17) is 9.47 Å². The summed E-state index contributed by atoms with van der Waals surface area (Å²) in [7, 11) is 3.16. The molecule has 0 aromatic heterocycles. The number of ether oxygens (including phenoxy) is 2. The van der Waals surface area contributed by atoms with Crippen LogP contribution in [0.1, 0.15) is 17.3 Å². The van der Waals surface area contributed by atoms with Gasteiger partial charge in [-0.3, -0.25) is 9.59 Å². The molecular weight excluding hydrogens is 272 g/mol. The number of carbonyl (C=O) groups excluding carboxylic acids is 2. The lowest BCUT2D eigenvalue weighted by Crippen LogP contribution is -2.39. The summed E-state index contributed by atoms with van der Waals surface area (Å²) in [6.07, 6.45) is 0. The Kier molecular flexibility index (Phi) is 7.25. The van der Waals surface area contributed by atoms with Crippen LogP contribution < -0.4 is 10.1 Å². The van der Waals surface area contributed by atoms with Crippen molar-refractivity contribution in [2.75, 3.05) is 40.5 Å². The van der Waals surface area contributed by atoms with E-state index in [9.17, 15) is 9.59 Å². The predicted molar refractivity (Wildman–Crippen MR) is 79.5 cm³/mol. The summed E-state index contributed by atoms with van der Waals surface area (Å²) < 4.78 is 9.99. The van der Waals surface area contributed by atoms with E-state index in [1.807, 2.05) is 0 Å². The lowest BCUT2D eigenvalue weighted by molar-refractivity contribution is -0.129. The van der Waals surface area contributed by atoms with Gasteiger partial charge in [0.15, 0.2) is 0 Å². The highest BCUT2D eigenvalue weighted by Gasteiger charge is 2.09. The van der Waals surface area contributed by atoms with E-state index < -0.39 is 0 Å². The third kappa shape index (κ3) is 5.83. The standard InChI is InChI=1S/C15H22N2O4/c1-12(18)17(10-11-20-2)9-8-16-15(19)13-4-6-14(21-3)7-5-13/h4-7H,8-11H2,1-3H3,(H,16,19). The van der Waals surface area contributed by atoms with Crippen molar-refractivity contribution < 1.29 is 19.1 Å². The fourth-order valence-electron chi connectivity index (χ4n) is 1.78. The highest BCUT2D eigenvalue weighted by atomic mass is 16.5. The molecule has 21 heavy (non-hydrogen) atoms. The first-order valence-electron chi connectivity index (χ1n) is 6.75. The Morgan fingerprint density at radius 2 is 1.81 bits per heavy atom. The highest BCUT2D eigenvalue weighted by Crippen LogP contribution is 2.10. The Hall–Kier alpha value is -2.08. The van der Waals surface area contributed by atoms with E-state index in [1.165, 1.54) is 6.92 Å². The molecule has 0 spiro atoms. The van der Waals surface area contributed by atoms with E-state index in [0.717, 1.165) is 0 Å². The smallest absolute Gasteiger partial charge is 0.251 e. The van der Waals surface area contributed by atoms with Crippen molar-refractivity contribution >= 4 is 11.8 Å². The molecule has 0 saturated carbocycles. The molecular formula is C15H22N2O4. The van der Waals surface area contributed by atoms with Gasteiger partial charge in [-0.05, 0) is 24.3 Å². The molecule has 0 radical (unpaired) electrons. The Bertz CT molecular complexity index is 459. The molecule has 0 atom stereocenters. The van der Waals surface area contributed by atoms with Gasteiger partial charge in [-0.1, -0.05) is 0 Å². The van der Waals surface area contributed by atoms with E-state index in [1.54, 1.807) is 43.4 Å². The fraction of sp³-hybridized carbons (Fsp3) is 0.467. The van der Waals surface area contributed by atoms with E-state index in [0.29, 0.717) is 37.6 Å². The van der Waals surface area contributed by atoms with Gasteiger partial charge in [0.1, 0.15) is 5.75 Å². The van der Waals surface area contributed by atoms with Gasteiger partial charge in [-0.15, -0.1) is 0 Å². The summed E-state index contributed by atoms with van der Waals surface area (Å²) >= 11 is 0. The first kappa shape index (κ1) is 17.0. The van der Waals surface area contributed by atoms with Gasteiger partial charge in [0, 0.05) is 39.2 Å². The number of rotatable bonds is 8. The monoisotopic (exact) mass is 294 g/mol. The van der Waals surface area contributed by atoms with Crippen molar-refractivity contribution in [2.24, 2.45) is 0 Å². The zero-order chi connectivity index (χ0) is 15.7. The fourth-order valence-corrected chi connectivity index (χ4v) is 1.78. The molecule has 1 aromatic carbocycles. The quantitative estimate of drug-likeness (QED) is 0.774. The number of carbonyl (C=O) groups is 2. The van der Waals surface area contributed by atoms with Gasteiger partial charge < -0.3 is 19.7 Å². The molecule has 0 bridgehead atoms. The largest absolute Gasteiger partial charge is 0.497 e. The molecule has 1 aromatic rings. The van der Waals surface area contributed by atoms with Gasteiger partial charge in [0.2, 0.25) is 5.91 Å². The summed E-state index contributed by atoms with van der Waals surface area (Å²) in [5.41, 5.74) is 0.557.